The van der Waals surface area contributed by atoms with E-state index in [4.69, 9.17) is 5.11 Å². The Labute approximate surface area is 67.1 Å². The minimum atomic E-state index is -1.69. The van der Waals surface area contributed by atoms with E-state index in [9.17, 15) is 14.4 Å². The van der Waals surface area contributed by atoms with Gasteiger partial charge in [0.05, 0.1) is 0 Å². The van der Waals surface area contributed by atoms with Crippen molar-refractivity contribution in [3.63, 3.8) is 0 Å². The normalized spacial score (nSPS) is 28.5. The smallest absolute Gasteiger partial charge is 0.358 e. The molecule has 1 heterocycles. The van der Waals surface area contributed by atoms with Crippen molar-refractivity contribution in [1.29, 1.82) is 0 Å². The van der Waals surface area contributed by atoms with E-state index in [0.29, 0.717) is 0 Å². The number of cyclic esters (lactones) is 2. The predicted molar refractivity (Wildman–Crippen MR) is 32.7 cm³/mol. The van der Waals surface area contributed by atoms with E-state index in [1.165, 1.54) is 0 Å². The van der Waals surface area contributed by atoms with Crippen LogP contribution < -0.4 is 0 Å². The van der Waals surface area contributed by atoms with Gasteiger partial charge in [0.25, 0.3) is 0 Å². The van der Waals surface area contributed by atoms with Crippen LogP contribution in [0.25, 0.3) is 0 Å². The Morgan fingerprint density at radius 3 is 2.42 bits per heavy atom. The summed E-state index contributed by atoms with van der Waals surface area (Å²) in [5, 5.41) is 8.90. The molecule has 6 heteroatoms. The maximum Gasteiger partial charge on any atom is 0.358 e. The molecule has 1 rings (SSSR count). The molecule has 1 saturated heterocycles. The molecule has 66 valence electrons. The third-order valence-electron chi connectivity index (χ3n) is 1.25. The molecule has 1 aliphatic heterocycles. The minimum absolute atomic E-state index is 0.759. The summed E-state index contributed by atoms with van der Waals surface area (Å²) < 4.78 is 8.30. The molecule has 0 bridgehead atoms. The number of aliphatic hydroxyl groups excluding tert-OH is 1. The van der Waals surface area contributed by atoms with Crippen LogP contribution in [0.4, 0.5) is 0 Å². The molecule has 0 saturated carbocycles. The zero-order chi connectivity index (χ0) is 9.30. The van der Waals surface area contributed by atoms with Crippen LogP contribution in [0.2, 0.25) is 0 Å². The van der Waals surface area contributed by atoms with E-state index in [1.807, 2.05) is 0 Å². The van der Waals surface area contributed by atoms with Crippen molar-refractivity contribution in [2.45, 2.75) is 19.1 Å². The number of carbonyl (C=O) groups is 3. The summed E-state index contributed by atoms with van der Waals surface area (Å²) in [6, 6.07) is 0. The molecule has 0 aliphatic carbocycles. The summed E-state index contributed by atoms with van der Waals surface area (Å²) in [7, 11) is 0. The molecule has 12 heavy (non-hydrogen) atoms. The van der Waals surface area contributed by atoms with Crippen molar-refractivity contribution in [3.8, 4) is 0 Å². The second kappa shape index (κ2) is 2.90. The number of ether oxygens (including phenoxy) is 2. The van der Waals surface area contributed by atoms with E-state index < -0.39 is 30.1 Å². The Morgan fingerprint density at radius 2 is 2.08 bits per heavy atom. The van der Waals surface area contributed by atoms with Crippen LogP contribution >= 0.6 is 0 Å². The summed E-state index contributed by atoms with van der Waals surface area (Å²) >= 11 is 0. The molecule has 1 fully saturated rings. The van der Waals surface area contributed by atoms with Gasteiger partial charge in [0.15, 0.2) is 0 Å². The molecule has 1 N–H and O–H groups in total. The molecule has 2 atom stereocenters. The fourth-order valence-corrected chi connectivity index (χ4v) is 0.761. The Bertz CT molecular complexity index is 244. The van der Waals surface area contributed by atoms with Crippen molar-refractivity contribution < 1.29 is 29.0 Å². The van der Waals surface area contributed by atoms with Gasteiger partial charge in [-0.3, -0.25) is 4.79 Å². The Morgan fingerprint density at radius 1 is 1.50 bits per heavy atom. The van der Waals surface area contributed by atoms with Gasteiger partial charge < -0.3 is 14.6 Å². The molecule has 1 aliphatic rings. The molecule has 0 aromatic heterocycles. The van der Waals surface area contributed by atoms with Gasteiger partial charge in [0, 0.05) is 6.92 Å². The van der Waals surface area contributed by atoms with Crippen LogP contribution in [-0.2, 0) is 23.9 Å². The first-order valence-corrected chi connectivity index (χ1v) is 3.13. The van der Waals surface area contributed by atoms with Crippen LogP contribution in [0.5, 0.6) is 0 Å². The maximum absolute atomic E-state index is 10.7. The second-order valence-electron chi connectivity index (χ2n) is 2.22. The molecule has 1 unspecified atom stereocenters. The Hall–Kier alpha value is -1.43. The average molecular weight is 174 g/mol. The largest absolute Gasteiger partial charge is 0.447 e. The van der Waals surface area contributed by atoms with Gasteiger partial charge >= 0.3 is 17.9 Å². The van der Waals surface area contributed by atoms with Crippen LogP contribution in [0.3, 0.4) is 0 Å². The number of carbonyl (C=O) groups excluding carboxylic acids is 3. The van der Waals surface area contributed by atoms with Gasteiger partial charge in [-0.15, -0.1) is 0 Å². The average Bonchev–Trinajstić information content (AvgIpc) is 2.16. The third kappa shape index (κ3) is 1.42. The molecular formula is C6H6O6. The van der Waals surface area contributed by atoms with Crippen molar-refractivity contribution in [2.75, 3.05) is 0 Å². The molecule has 0 aromatic rings. The SMILES string of the molecule is CC(=O)OC1C(=O)OC(=O)[C@H]1O. The molecule has 6 nitrogen and oxygen atoms in total. The molecule has 0 spiro atoms. The van der Waals surface area contributed by atoms with Crippen LogP contribution in [0, 0.1) is 0 Å². The molecule has 0 radical (unpaired) electrons. The molecule has 0 aromatic carbocycles. The van der Waals surface area contributed by atoms with E-state index in [0.717, 1.165) is 6.92 Å². The molecule has 0 amide bonds. The Kier molecular flexibility index (Phi) is 2.09. The fraction of sp³-hybridized carbons (Fsp3) is 0.500. The third-order valence-corrected chi connectivity index (χ3v) is 1.25. The topological polar surface area (TPSA) is 89.9 Å². The zero-order valence-corrected chi connectivity index (χ0v) is 6.14. The summed E-state index contributed by atoms with van der Waals surface area (Å²) in [6.45, 7) is 1.06. The van der Waals surface area contributed by atoms with Gasteiger partial charge in [0.1, 0.15) is 0 Å². The lowest BCUT2D eigenvalue weighted by Crippen LogP contribution is -2.33. The van der Waals surface area contributed by atoms with Gasteiger partial charge in [0.2, 0.25) is 12.2 Å². The highest BCUT2D eigenvalue weighted by Gasteiger charge is 2.45. The number of esters is 3. The highest BCUT2D eigenvalue weighted by Crippen LogP contribution is 2.12. The summed E-state index contributed by atoms with van der Waals surface area (Å²) in [5.41, 5.74) is 0. The van der Waals surface area contributed by atoms with Crippen molar-refractivity contribution in [3.05, 3.63) is 0 Å². The summed E-state index contributed by atoms with van der Waals surface area (Å²) in [5.74, 6) is -2.89. The maximum atomic E-state index is 10.7. The minimum Gasteiger partial charge on any atom is -0.447 e. The standard InChI is InChI=1S/C6H6O6/c1-2(7)11-4-3(8)5(9)12-6(4)10/h3-4,8H,1H3/t3-,4?/m0/s1. The van der Waals surface area contributed by atoms with Crippen LogP contribution in [-0.4, -0.2) is 35.2 Å². The highest BCUT2D eigenvalue weighted by molar-refractivity contribution is 6.00. The van der Waals surface area contributed by atoms with E-state index >= 15 is 0 Å². The quantitative estimate of drug-likeness (QED) is 0.379. The van der Waals surface area contributed by atoms with Gasteiger partial charge in [-0.25, -0.2) is 9.59 Å². The number of aliphatic hydroxyl groups is 1. The number of hydrogen-bond donors (Lipinski definition) is 1. The van der Waals surface area contributed by atoms with E-state index in [1.54, 1.807) is 0 Å². The Balaban J connectivity index is 2.70. The van der Waals surface area contributed by atoms with E-state index in [-0.39, 0.29) is 0 Å². The number of hydrogen-bond acceptors (Lipinski definition) is 6. The lowest BCUT2D eigenvalue weighted by molar-refractivity contribution is -0.162. The lowest BCUT2D eigenvalue weighted by atomic mass is 10.2. The van der Waals surface area contributed by atoms with Crippen molar-refractivity contribution in [1.82, 2.24) is 0 Å². The van der Waals surface area contributed by atoms with E-state index in [2.05, 4.69) is 9.47 Å². The van der Waals surface area contributed by atoms with Crippen LogP contribution in [0.1, 0.15) is 6.92 Å². The highest BCUT2D eigenvalue weighted by atomic mass is 16.6. The fourth-order valence-electron chi connectivity index (χ4n) is 0.761. The van der Waals surface area contributed by atoms with Gasteiger partial charge in [-0.2, -0.15) is 0 Å². The summed E-state index contributed by atoms with van der Waals surface area (Å²) in [4.78, 5) is 31.5. The monoisotopic (exact) mass is 174 g/mol. The summed E-state index contributed by atoms with van der Waals surface area (Å²) in [6.07, 6.45) is -3.20. The molecular weight excluding hydrogens is 168 g/mol. The zero-order valence-electron chi connectivity index (χ0n) is 6.14. The first-order chi connectivity index (χ1) is 5.52. The first kappa shape index (κ1) is 8.66. The second-order valence-corrected chi connectivity index (χ2v) is 2.22. The van der Waals surface area contributed by atoms with Gasteiger partial charge in [-0.05, 0) is 0 Å². The predicted octanol–water partition coefficient (Wildman–Crippen LogP) is -1.64. The van der Waals surface area contributed by atoms with Crippen LogP contribution in [0.15, 0.2) is 0 Å². The van der Waals surface area contributed by atoms with Crippen molar-refractivity contribution in [2.24, 2.45) is 0 Å². The van der Waals surface area contributed by atoms with Gasteiger partial charge in [-0.1, -0.05) is 0 Å². The van der Waals surface area contributed by atoms with Crippen molar-refractivity contribution >= 4 is 17.9 Å². The lowest BCUT2D eigenvalue weighted by Gasteiger charge is -2.07. The first-order valence-electron chi connectivity index (χ1n) is 3.13. The number of rotatable bonds is 1.